The molecule has 21 heavy (non-hydrogen) atoms. The number of carboxylic acids is 1. The number of carbonyl (C=O) groups is 2. The third-order valence-corrected chi connectivity index (χ3v) is 2.77. The number of hydrogen-bond donors (Lipinski definition) is 2. The molecule has 0 amide bonds. The van der Waals surface area contributed by atoms with Gasteiger partial charge in [-0.25, -0.2) is 4.39 Å². The highest BCUT2D eigenvalue weighted by Gasteiger charge is 2.36. The van der Waals surface area contributed by atoms with Crippen LogP contribution in [-0.4, -0.2) is 28.7 Å². The Morgan fingerprint density at radius 1 is 1.33 bits per heavy atom. The van der Waals surface area contributed by atoms with Crippen molar-refractivity contribution >= 4 is 11.9 Å². The number of aliphatic carboxylic acids is 1. The lowest BCUT2D eigenvalue weighted by atomic mass is 9.94. The molecule has 0 radical (unpaired) electrons. The zero-order valence-corrected chi connectivity index (χ0v) is 12.3. The van der Waals surface area contributed by atoms with Gasteiger partial charge in [0.15, 0.2) is 5.92 Å². The van der Waals surface area contributed by atoms with Gasteiger partial charge in [0.05, 0.1) is 0 Å². The molecule has 0 unspecified atom stereocenters. The van der Waals surface area contributed by atoms with E-state index in [1.54, 1.807) is 26.8 Å². The number of benzene rings is 1. The van der Waals surface area contributed by atoms with Crippen LogP contribution in [-0.2, 0) is 20.7 Å². The number of carboxylic acid groups (broad SMARTS) is 1. The summed E-state index contributed by atoms with van der Waals surface area (Å²) in [5, 5.41) is 9.18. The average molecular weight is 297 g/mol. The molecule has 0 saturated heterocycles. The molecule has 2 atom stereocenters. The molecule has 0 aliphatic heterocycles. The second kappa shape index (κ2) is 6.67. The molecule has 1 aromatic carbocycles. The van der Waals surface area contributed by atoms with E-state index >= 15 is 0 Å². The summed E-state index contributed by atoms with van der Waals surface area (Å²) in [6.45, 7) is 4.89. The Bertz CT molecular complexity index is 525. The van der Waals surface area contributed by atoms with Gasteiger partial charge in [-0.05, 0) is 38.8 Å². The molecular weight excluding hydrogens is 277 g/mol. The van der Waals surface area contributed by atoms with Crippen molar-refractivity contribution in [3.63, 3.8) is 0 Å². The topological polar surface area (TPSA) is 89.6 Å². The van der Waals surface area contributed by atoms with Crippen LogP contribution in [0.3, 0.4) is 0 Å². The second-order valence-corrected chi connectivity index (χ2v) is 5.81. The molecule has 1 aromatic rings. The number of rotatable bonds is 5. The van der Waals surface area contributed by atoms with Gasteiger partial charge in [-0.2, -0.15) is 0 Å². The van der Waals surface area contributed by atoms with Crippen LogP contribution in [0.2, 0.25) is 0 Å². The Kier molecular flexibility index (Phi) is 5.43. The molecule has 3 N–H and O–H groups in total. The molecule has 1 rings (SSSR count). The maximum atomic E-state index is 13.6. The number of esters is 1. The number of hydrogen-bond acceptors (Lipinski definition) is 4. The summed E-state index contributed by atoms with van der Waals surface area (Å²) in [4.78, 5) is 23.2. The van der Waals surface area contributed by atoms with Crippen molar-refractivity contribution < 1.29 is 23.8 Å². The molecule has 116 valence electrons. The summed E-state index contributed by atoms with van der Waals surface area (Å²) in [7, 11) is 0. The molecule has 0 fully saturated rings. The van der Waals surface area contributed by atoms with Gasteiger partial charge >= 0.3 is 11.9 Å². The Morgan fingerprint density at radius 3 is 2.38 bits per heavy atom. The third kappa shape index (κ3) is 5.15. The van der Waals surface area contributed by atoms with Crippen LogP contribution in [0, 0.1) is 11.7 Å². The molecule has 0 spiro atoms. The first kappa shape index (κ1) is 17.1. The SMILES string of the molecule is CC(C)(C)OC(=O)[C@H](C(=O)O)[C@@H](N)Cc1ccccc1F. The summed E-state index contributed by atoms with van der Waals surface area (Å²) in [5.74, 6) is -4.32. The van der Waals surface area contributed by atoms with Crippen LogP contribution in [0.4, 0.5) is 4.39 Å². The fourth-order valence-electron chi connectivity index (χ4n) is 1.86. The van der Waals surface area contributed by atoms with E-state index in [-0.39, 0.29) is 12.0 Å². The highest BCUT2D eigenvalue weighted by molar-refractivity contribution is 5.95. The Balaban J connectivity index is 2.88. The minimum Gasteiger partial charge on any atom is -0.481 e. The van der Waals surface area contributed by atoms with E-state index in [4.69, 9.17) is 10.5 Å². The van der Waals surface area contributed by atoms with E-state index in [1.807, 2.05) is 0 Å². The second-order valence-electron chi connectivity index (χ2n) is 5.81. The molecule has 5 nitrogen and oxygen atoms in total. The quantitative estimate of drug-likeness (QED) is 0.638. The molecule has 0 heterocycles. The van der Waals surface area contributed by atoms with Gasteiger partial charge in [-0.3, -0.25) is 9.59 Å². The number of nitrogens with two attached hydrogens (primary N) is 1. The van der Waals surface area contributed by atoms with E-state index in [9.17, 15) is 19.1 Å². The minimum absolute atomic E-state index is 0.0666. The lowest BCUT2D eigenvalue weighted by Crippen LogP contribution is -2.45. The molecule has 0 bridgehead atoms. The largest absolute Gasteiger partial charge is 0.481 e. The fourth-order valence-corrected chi connectivity index (χ4v) is 1.86. The predicted molar refractivity (Wildman–Crippen MR) is 75.1 cm³/mol. The van der Waals surface area contributed by atoms with Crippen LogP contribution < -0.4 is 5.73 Å². The summed E-state index contributed by atoms with van der Waals surface area (Å²) in [6.07, 6.45) is -0.0666. The monoisotopic (exact) mass is 297 g/mol. The van der Waals surface area contributed by atoms with Crippen LogP contribution >= 0.6 is 0 Å². The van der Waals surface area contributed by atoms with Crippen molar-refractivity contribution in [2.24, 2.45) is 11.7 Å². The van der Waals surface area contributed by atoms with Crippen molar-refractivity contribution in [2.45, 2.75) is 38.8 Å². The maximum absolute atomic E-state index is 13.6. The maximum Gasteiger partial charge on any atom is 0.322 e. The first-order valence-electron chi connectivity index (χ1n) is 6.56. The molecule has 0 saturated carbocycles. The van der Waals surface area contributed by atoms with E-state index in [2.05, 4.69) is 0 Å². The normalized spacial score (nSPS) is 14.3. The highest BCUT2D eigenvalue weighted by Crippen LogP contribution is 2.17. The van der Waals surface area contributed by atoms with E-state index in [0.29, 0.717) is 0 Å². The van der Waals surface area contributed by atoms with E-state index in [1.165, 1.54) is 18.2 Å². The zero-order valence-electron chi connectivity index (χ0n) is 12.3. The fraction of sp³-hybridized carbons (Fsp3) is 0.467. The first-order valence-corrected chi connectivity index (χ1v) is 6.56. The van der Waals surface area contributed by atoms with Gasteiger partial charge in [0.2, 0.25) is 0 Å². The van der Waals surface area contributed by atoms with Gasteiger partial charge in [-0.1, -0.05) is 18.2 Å². The average Bonchev–Trinajstić information content (AvgIpc) is 2.29. The first-order chi connectivity index (χ1) is 9.61. The third-order valence-electron chi connectivity index (χ3n) is 2.77. The van der Waals surface area contributed by atoms with Gasteiger partial charge < -0.3 is 15.6 Å². The Morgan fingerprint density at radius 2 is 1.90 bits per heavy atom. The van der Waals surface area contributed by atoms with Crippen LogP contribution in [0.5, 0.6) is 0 Å². The van der Waals surface area contributed by atoms with Crippen LogP contribution in [0.15, 0.2) is 24.3 Å². The van der Waals surface area contributed by atoms with Gasteiger partial charge in [0.1, 0.15) is 11.4 Å². The lowest BCUT2D eigenvalue weighted by Gasteiger charge is -2.25. The van der Waals surface area contributed by atoms with Crippen molar-refractivity contribution in [3.8, 4) is 0 Å². The molecule has 0 aromatic heterocycles. The van der Waals surface area contributed by atoms with Crippen LogP contribution in [0.1, 0.15) is 26.3 Å². The van der Waals surface area contributed by atoms with Gasteiger partial charge in [0.25, 0.3) is 0 Å². The summed E-state index contributed by atoms with van der Waals surface area (Å²) in [6, 6.07) is 4.82. The number of halogens is 1. The number of carbonyl (C=O) groups excluding carboxylic acids is 1. The summed E-state index contributed by atoms with van der Waals surface area (Å²) >= 11 is 0. The van der Waals surface area contributed by atoms with E-state index < -0.39 is 35.3 Å². The highest BCUT2D eigenvalue weighted by atomic mass is 19.1. The molecular formula is C15H20FNO4. The standard InChI is InChI=1S/C15H20FNO4/c1-15(2,3)21-14(20)12(13(18)19)11(17)8-9-6-4-5-7-10(9)16/h4-7,11-12H,8,17H2,1-3H3,(H,18,19)/t11-,12-/m0/s1. The smallest absolute Gasteiger partial charge is 0.322 e. The van der Waals surface area contributed by atoms with Crippen molar-refractivity contribution in [2.75, 3.05) is 0 Å². The zero-order chi connectivity index (χ0) is 16.2. The van der Waals surface area contributed by atoms with Crippen molar-refractivity contribution in [1.82, 2.24) is 0 Å². The number of ether oxygens (including phenoxy) is 1. The Labute approximate surface area is 122 Å². The Hall–Kier alpha value is -1.95. The summed E-state index contributed by atoms with van der Waals surface area (Å²) < 4.78 is 18.6. The van der Waals surface area contributed by atoms with Gasteiger partial charge in [-0.15, -0.1) is 0 Å². The molecule has 0 aliphatic rings. The van der Waals surface area contributed by atoms with Crippen LogP contribution in [0.25, 0.3) is 0 Å². The van der Waals surface area contributed by atoms with Gasteiger partial charge in [0, 0.05) is 6.04 Å². The minimum atomic E-state index is -1.54. The molecule has 6 heteroatoms. The van der Waals surface area contributed by atoms with E-state index in [0.717, 1.165) is 0 Å². The lowest BCUT2D eigenvalue weighted by molar-refractivity contribution is -0.167. The van der Waals surface area contributed by atoms with Crippen molar-refractivity contribution in [3.05, 3.63) is 35.6 Å². The molecule has 0 aliphatic carbocycles. The summed E-state index contributed by atoms with van der Waals surface area (Å²) in [5.41, 5.74) is 5.24. The predicted octanol–water partition coefficient (Wildman–Crippen LogP) is 1.74. The van der Waals surface area contributed by atoms with Crippen molar-refractivity contribution in [1.29, 1.82) is 0 Å².